The molecule has 20 heavy (non-hydrogen) atoms. The SMILES string of the molecule is CC(N)c1ccccc1.CC1=C[C@H](O)[C@H](C(=O)O)CC1. The highest BCUT2D eigenvalue weighted by Gasteiger charge is 2.27. The van der Waals surface area contributed by atoms with Crippen molar-refractivity contribution in [2.75, 3.05) is 0 Å². The average Bonchev–Trinajstić information content (AvgIpc) is 2.40. The van der Waals surface area contributed by atoms with Gasteiger partial charge in [-0.1, -0.05) is 42.0 Å². The summed E-state index contributed by atoms with van der Waals surface area (Å²) in [4.78, 5) is 10.5. The second-order valence-electron chi connectivity index (χ2n) is 5.19. The number of benzene rings is 1. The Morgan fingerprint density at radius 3 is 2.35 bits per heavy atom. The number of aliphatic hydroxyl groups is 1. The van der Waals surface area contributed by atoms with Crippen LogP contribution in [0.2, 0.25) is 0 Å². The zero-order valence-electron chi connectivity index (χ0n) is 12.0. The predicted octanol–water partition coefficient (Wildman–Crippen LogP) is 2.49. The average molecular weight is 277 g/mol. The van der Waals surface area contributed by atoms with Crippen molar-refractivity contribution in [3.05, 3.63) is 47.5 Å². The number of rotatable bonds is 2. The molecule has 0 saturated carbocycles. The first-order valence-corrected chi connectivity index (χ1v) is 6.80. The van der Waals surface area contributed by atoms with Gasteiger partial charge in [0.15, 0.2) is 0 Å². The summed E-state index contributed by atoms with van der Waals surface area (Å²) in [7, 11) is 0. The number of hydrogen-bond acceptors (Lipinski definition) is 3. The number of carboxylic acid groups (broad SMARTS) is 1. The fourth-order valence-electron chi connectivity index (χ4n) is 2.07. The summed E-state index contributed by atoms with van der Waals surface area (Å²) in [5.74, 6) is -1.50. The Balaban J connectivity index is 0.000000204. The van der Waals surface area contributed by atoms with E-state index in [1.807, 2.05) is 44.2 Å². The molecule has 0 heterocycles. The molecular formula is C16H23NO3. The van der Waals surface area contributed by atoms with E-state index in [4.69, 9.17) is 10.8 Å². The highest BCUT2D eigenvalue weighted by atomic mass is 16.4. The van der Waals surface area contributed by atoms with Gasteiger partial charge < -0.3 is 15.9 Å². The summed E-state index contributed by atoms with van der Waals surface area (Å²) in [6, 6.07) is 10.2. The number of allylic oxidation sites excluding steroid dienone is 1. The summed E-state index contributed by atoms with van der Waals surface area (Å²) < 4.78 is 0. The molecule has 0 saturated heterocycles. The maximum Gasteiger partial charge on any atom is 0.309 e. The van der Waals surface area contributed by atoms with Gasteiger partial charge in [-0.3, -0.25) is 4.79 Å². The minimum absolute atomic E-state index is 0.159. The number of aliphatic carboxylic acids is 1. The number of carboxylic acids is 1. The molecule has 1 aliphatic rings. The van der Waals surface area contributed by atoms with E-state index in [2.05, 4.69) is 0 Å². The molecule has 0 fully saturated rings. The molecule has 2 rings (SSSR count). The van der Waals surface area contributed by atoms with Gasteiger partial charge in [0.25, 0.3) is 0 Å². The third-order valence-corrected chi connectivity index (χ3v) is 3.36. The third kappa shape index (κ3) is 5.15. The van der Waals surface area contributed by atoms with Crippen LogP contribution in [0.5, 0.6) is 0 Å². The molecule has 0 aromatic heterocycles. The largest absolute Gasteiger partial charge is 0.481 e. The standard InChI is InChI=1S/C8H11N.C8H12O3/c1-7(9)8-5-3-2-4-6-8;1-5-2-3-6(8(10)11)7(9)4-5/h2-7H,9H2,1H3;4,6-7,9H,2-3H2,1H3,(H,10,11)/t;6-,7+/m.1/s1. The minimum Gasteiger partial charge on any atom is -0.481 e. The Hall–Kier alpha value is -1.65. The summed E-state index contributed by atoms with van der Waals surface area (Å²) in [6.07, 6.45) is 2.18. The van der Waals surface area contributed by atoms with Crippen molar-refractivity contribution in [2.45, 2.75) is 38.8 Å². The number of hydrogen-bond donors (Lipinski definition) is 3. The van der Waals surface area contributed by atoms with Gasteiger partial charge in [-0.05, 0) is 32.3 Å². The van der Waals surface area contributed by atoms with E-state index >= 15 is 0 Å². The van der Waals surface area contributed by atoms with Gasteiger partial charge in [-0.2, -0.15) is 0 Å². The summed E-state index contributed by atoms with van der Waals surface area (Å²) in [6.45, 7) is 3.89. The molecule has 1 unspecified atom stereocenters. The van der Waals surface area contributed by atoms with Crippen LogP contribution in [0, 0.1) is 5.92 Å². The summed E-state index contributed by atoms with van der Waals surface area (Å²) in [5.41, 5.74) is 7.88. The normalized spacial score (nSPS) is 23.1. The van der Waals surface area contributed by atoms with Crippen molar-refractivity contribution in [1.29, 1.82) is 0 Å². The van der Waals surface area contributed by atoms with Crippen LogP contribution in [0.4, 0.5) is 0 Å². The van der Waals surface area contributed by atoms with E-state index in [0.29, 0.717) is 6.42 Å². The van der Waals surface area contributed by atoms with Crippen LogP contribution in [-0.2, 0) is 4.79 Å². The fourth-order valence-corrected chi connectivity index (χ4v) is 2.07. The molecule has 0 aliphatic heterocycles. The zero-order valence-corrected chi connectivity index (χ0v) is 12.0. The lowest BCUT2D eigenvalue weighted by Crippen LogP contribution is -2.29. The molecule has 1 aliphatic carbocycles. The molecule has 4 nitrogen and oxygen atoms in total. The van der Waals surface area contributed by atoms with Crippen LogP contribution in [0.25, 0.3) is 0 Å². The molecule has 4 heteroatoms. The van der Waals surface area contributed by atoms with E-state index in [-0.39, 0.29) is 6.04 Å². The Kier molecular flexibility index (Phi) is 6.42. The first-order valence-electron chi connectivity index (χ1n) is 6.80. The van der Waals surface area contributed by atoms with Crippen LogP contribution in [-0.4, -0.2) is 22.3 Å². The van der Waals surface area contributed by atoms with Crippen LogP contribution in [0.3, 0.4) is 0 Å². The Morgan fingerprint density at radius 1 is 1.35 bits per heavy atom. The molecular weight excluding hydrogens is 254 g/mol. The van der Waals surface area contributed by atoms with Gasteiger partial charge in [0, 0.05) is 6.04 Å². The van der Waals surface area contributed by atoms with Gasteiger partial charge in [-0.25, -0.2) is 0 Å². The molecule has 0 amide bonds. The topological polar surface area (TPSA) is 83.5 Å². The number of nitrogens with two attached hydrogens (primary N) is 1. The predicted molar refractivity (Wildman–Crippen MR) is 79.2 cm³/mol. The molecule has 1 aromatic rings. The number of carbonyl (C=O) groups is 1. The van der Waals surface area contributed by atoms with Crippen LogP contribution >= 0.6 is 0 Å². The van der Waals surface area contributed by atoms with Crippen molar-refractivity contribution in [1.82, 2.24) is 0 Å². The van der Waals surface area contributed by atoms with Gasteiger partial charge >= 0.3 is 5.97 Å². The first kappa shape index (κ1) is 16.4. The lowest BCUT2D eigenvalue weighted by atomic mass is 9.88. The third-order valence-electron chi connectivity index (χ3n) is 3.36. The monoisotopic (exact) mass is 277 g/mol. The molecule has 3 atom stereocenters. The summed E-state index contributed by atoms with van der Waals surface area (Å²) in [5, 5.41) is 17.9. The highest BCUT2D eigenvalue weighted by molar-refractivity contribution is 5.71. The Bertz CT molecular complexity index is 454. The number of aliphatic hydroxyl groups excluding tert-OH is 1. The van der Waals surface area contributed by atoms with Crippen LogP contribution in [0.1, 0.15) is 38.3 Å². The molecule has 4 N–H and O–H groups in total. The van der Waals surface area contributed by atoms with E-state index in [1.54, 1.807) is 6.08 Å². The van der Waals surface area contributed by atoms with E-state index in [1.165, 1.54) is 5.56 Å². The smallest absolute Gasteiger partial charge is 0.309 e. The van der Waals surface area contributed by atoms with Crippen molar-refractivity contribution in [3.63, 3.8) is 0 Å². The van der Waals surface area contributed by atoms with E-state index in [0.717, 1.165) is 12.0 Å². The molecule has 0 bridgehead atoms. The highest BCUT2D eigenvalue weighted by Crippen LogP contribution is 2.23. The van der Waals surface area contributed by atoms with Gasteiger partial charge in [0.05, 0.1) is 12.0 Å². The Labute approximate surface area is 119 Å². The first-order chi connectivity index (χ1) is 9.41. The second-order valence-corrected chi connectivity index (χ2v) is 5.19. The van der Waals surface area contributed by atoms with Crippen LogP contribution in [0.15, 0.2) is 42.0 Å². The lowest BCUT2D eigenvalue weighted by molar-refractivity contribution is -0.145. The van der Waals surface area contributed by atoms with Gasteiger partial charge in [0.1, 0.15) is 0 Å². The summed E-state index contributed by atoms with van der Waals surface area (Å²) >= 11 is 0. The van der Waals surface area contributed by atoms with Gasteiger partial charge in [0.2, 0.25) is 0 Å². The quantitative estimate of drug-likeness (QED) is 0.725. The van der Waals surface area contributed by atoms with Crippen molar-refractivity contribution < 1.29 is 15.0 Å². The Morgan fingerprint density at radius 2 is 1.95 bits per heavy atom. The maximum absolute atomic E-state index is 10.5. The fraction of sp³-hybridized carbons (Fsp3) is 0.438. The minimum atomic E-state index is -0.902. The van der Waals surface area contributed by atoms with Crippen molar-refractivity contribution in [3.8, 4) is 0 Å². The van der Waals surface area contributed by atoms with E-state index in [9.17, 15) is 9.90 Å². The zero-order chi connectivity index (χ0) is 15.1. The van der Waals surface area contributed by atoms with Crippen molar-refractivity contribution in [2.24, 2.45) is 11.7 Å². The van der Waals surface area contributed by atoms with Crippen molar-refractivity contribution >= 4 is 5.97 Å². The van der Waals surface area contributed by atoms with Crippen LogP contribution < -0.4 is 5.73 Å². The lowest BCUT2D eigenvalue weighted by Gasteiger charge is -2.21. The van der Waals surface area contributed by atoms with E-state index < -0.39 is 18.0 Å². The molecule has 110 valence electrons. The molecule has 0 spiro atoms. The van der Waals surface area contributed by atoms with Gasteiger partial charge in [-0.15, -0.1) is 0 Å². The molecule has 1 aromatic carbocycles. The maximum atomic E-state index is 10.5. The molecule has 0 radical (unpaired) electrons. The second kappa shape index (κ2) is 7.82.